The number of rotatable bonds is 4. The van der Waals surface area contributed by atoms with E-state index in [1.165, 1.54) is 0 Å². The average Bonchev–Trinajstić information content (AvgIpc) is 2.10. The van der Waals surface area contributed by atoms with Gasteiger partial charge in [0.15, 0.2) is 5.41 Å². The summed E-state index contributed by atoms with van der Waals surface area (Å²) in [6, 6.07) is 0. The van der Waals surface area contributed by atoms with Crippen molar-refractivity contribution in [2.24, 2.45) is 5.41 Å². The maximum atomic E-state index is 12.0. The Morgan fingerprint density at radius 1 is 1.00 bits per heavy atom. The Kier molecular flexibility index (Phi) is 4.05. The normalized spacial score (nSPS) is 20.4. The number of hydrogen-bond donors (Lipinski definition) is 1. The summed E-state index contributed by atoms with van der Waals surface area (Å²) in [5.41, 5.74) is -2.34. The minimum Gasteiger partial charge on any atom is -0.462 e. The lowest BCUT2D eigenvalue weighted by Crippen LogP contribution is -2.60. The van der Waals surface area contributed by atoms with Crippen LogP contribution in [0.4, 0.5) is 0 Å². The van der Waals surface area contributed by atoms with Gasteiger partial charge < -0.3 is 14.6 Å². The highest BCUT2D eigenvalue weighted by molar-refractivity contribution is 6.01. The van der Waals surface area contributed by atoms with E-state index in [-0.39, 0.29) is 25.0 Å². The van der Waals surface area contributed by atoms with Gasteiger partial charge >= 0.3 is 11.9 Å². The molecule has 104 valence electrons. The van der Waals surface area contributed by atoms with Crippen molar-refractivity contribution in [1.29, 1.82) is 0 Å². The molecular formula is C13H22O5. The topological polar surface area (TPSA) is 72.8 Å². The molecule has 1 aliphatic carbocycles. The zero-order valence-electron chi connectivity index (χ0n) is 11.6. The Morgan fingerprint density at radius 2 is 1.33 bits per heavy atom. The fourth-order valence-corrected chi connectivity index (χ4v) is 2.27. The fraction of sp³-hybridized carbons (Fsp3) is 0.846. The van der Waals surface area contributed by atoms with E-state index in [1.54, 1.807) is 34.6 Å². The first kappa shape index (κ1) is 15.0. The third-order valence-corrected chi connectivity index (χ3v) is 2.83. The SMILES string of the molecule is CC(C)OC(=O)C1(C(=O)OC(C)C)CC(C)(O)C1. The van der Waals surface area contributed by atoms with Gasteiger partial charge in [0.1, 0.15) is 0 Å². The zero-order chi connectivity index (χ0) is 14.1. The maximum absolute atomic E-state index is 12.0. The Hall–Kier alpha value is -1.10. The zero-order valence-corrected chi connectivity index (χ0v) is 11.6. The van der Waals surface area contributed by atoms with E-state index in [2.05, 4.69) is 0 Å². The van der Waals surface area contributed by atoms with E-state index in [1.807, 2.05) is 0 Å². The van der Waals surface area contributed by atoms with Gasteiger partial charge in [-0.3, -0.25) is 9.59 Å². The van der Waals surface area contributed by atoms with Gasteiger partial charge in [0.05, 0.1) is 17.8 Å². The molecule has 1 fully saturated rings. The first-order valence-corrected chi connectivity index (χ1v) is 6.24. The van der Waals surface area contributed by atoms with E-state index in [4.69, 9.17) is 9.47 Å². The highest BCUT2D eigenvalue weighted by Gasteiger charge is 2.63. The molecular weight excluding hydrogens is 236 g/mol. The van der Waals surface area contributed by atoms with Gasteiger partial charge in [-0.2, -0.15) is 0 Å². The van der Waals surface area contributed by atoms with Gasteiger partial charge in [0.25, 0.3) is 0 Å². The third kappa shape index (κ3) is 3.02. The fourth-order valence-electron chi connectivity index (χ4n) is 2.27. The molecule has 0 unspecified atom stereocenters. The summed E-state index contributed by atoms with van der Waals surface area (Å²) in [7, 11) is 0. The van der Waals surface area contributed by atoms with Gasteiger partial charge in [0, 0.05) is 12.8 Å². The van der Waals surface area contributed by atoms with Crippen LogP contribution in [0.1, 0.15) is 47.5 Å². The predicted octanol–water partition coefficient (Wildman–Crippen LogP) is 1.42. The Bertz CT molecular complexity index is 311. The van der Waals surface area contributed by atoms with Crippen LogP contribution >= 0.6 is 0 Å². The number of carbonyl (C=O) groups is 2. The molecule has 0 radical (unpaired) electrons. The molecule has 0 saturated heterocycles. The van der Waals surface area contributed by atoms with E-state index in [0.717, 1.165) is 0 Å². The van der Waals surface area contributed by atoms with Crippen LogP contribution in [0.5, 0.6) is 0 Å². The molecule has 0 bridgehead atoms. The molecule has 0 amide bonds. The van der Waals surface area contributed by atoms with Crippen LogP contribution < -0.4 is 0 Å². The van der Waals surface area contributed by atoms with Crippen LogP contribution in [-0.4, -0.2) is 34.9 Å². The molecule has 1 rings (SSSR count). The van der Waals surface area contributed by atoms with Crippen molar-refractivity contribution in [2.75, 3.05) is 0 Å². The summed E-state index contributed by atoms with van der Waals surface area (Å²) in [5, 5.41) is 9.80. The molecule has 0 aromatic rings. The first-order valence-electron chi connectivity index (χ1n) is 6.24. The van der Waals surface area contributed by atoms with Crippen molar-refractivity contribution < 1.29 is 24.2 Å². The van der Waals surface area contributed by atoms with Gasteiger partial charge in [-0.1, -0.05) is 0 Å². The predicted molar refractivity (Wildman–Crippen MR) is 64.7 cm³/mol. The van der Waals surface area contributed by atoms with Gasteiger partial charge in [-0.25, -0.2) is 0 Å². The van der Waals surface area contributed by atoms with Gasteiger partial charge in [0.2, 0.25) is 0 Å². The summed E-state index contributed by atoms with van der Waals surface area (Å²) in [6.07, 6.45) is -0.493. The van der Waals surface area contributed by atoms with E-state index >= 15 is 0 Å². The molecule has 0 aromatic heterocycles. The van der Waals surface area contributed by atoms with Crippen molar-refractivity contribution >= 4 is 11.9 Å². The molecule has 1 saturated carbocycles. The molecule has 0 aromatic carbocycles. The molecule has 0 heterocycles. The maximum Gasteiger partial charge on any atom is 0.323 e. The van der Waals surface area contributed by atoms with Crippen molar-refractivity contribution in [3.63, 3.8) is 0 Å². The summed E-state index contributed by atoms with van der Waals surface area (Å²) >= 11 is 0. The van der Waals surface area contributed by atoms with Crippen LogP contribution in [0.25, 0.3) is 0 Å². The minimum atomic E-state index is -1.34. The van der Waals surface area contributed by atoms with Crippen LogP contribution in [0.15, 0.2) is 0 Å². The Labute approximate surface area is 107 Å². The quantitative estimate of drug-likeness (QED) is 0.610. The summed E-state index contributed by atoms with van der Waals surface area (Å²) < 4.78 is 10.2. The molecule has 5 nitrogen and oxygen atoms in total. The number of hydrogen-bond acceptors (Lipinski definition) is 5. The number of aliphatic hydroxyl groups is 1. The number of carbonyl (C=O) groups excluding carboxylic acids is 2. The second-order valence-corrected chi connectivity index (χ2v) is 5.84. The van der Waals surface area contributed by atoms with E-state index < -0.39 is 23.0 Å². The molecule has 18 heavy (non-hydrogen) atoms. The lowest BCUT2D eigenvalue weighted by atomic mass is 9.59. The molecule has 5 heteroatoms. The van der Waals surface area contributed by atoms with Crippen LogP contribution in [0.3, 0.4) is 0 Å². The molecule has 1 aliphatic rings. The lowest BCUT2D eigenvalue weighted by Gasteiger charge is -2.47. The van der Waals surface area contributed by atoms with Gasteiger partial charge in [-0.05, 0) is 34.6 Å². The second kappa shape index (κ2) is 4.88. The lowest BCUT2D eigenvalue weighted by molar-refractivity contribution is -0.204. The van der Waals surface area contributed by atoms with Crippen molar-refractivity contribution in [1.82, 2.24) is 0 Å². The Morgan fingerprint density at radius 3 is 1.56 bits per heavy atom. The Balaban J connectivity index is 2.85. The van der Waals surface area contributed by atoms with E-state index in [9.17, 15) is 14.7 Å². The summed E-state index contributed by atoms with van der Waals surface area (Å²) in [6.45, 7) is 8.47. The average molecular weight is 258 g/mol. The number of esters is 2. The standard InChI is InChI=1S/C13H22O5/c1-8(2)17-10(14)13(6-12(5,16)7-13)11(15)18-9(3)4/h8-9,16H,6-7H2,1-5H3. The highest BCUT2D eigenvalue weighted by Crippen LogP contribution is 2.50. The monoisotopic (exact) mass is 258 g/mol. The van der Waals surface area contributed by atoms with Crippen molar-refractivity contribution in [3.8, 4) is 0 Å². The summed E-state index contributed by atoms with van der Waals surface area (Å²) in [5.74, 6) is -1.20. The van der Waals surface area contributed by atoms with Crippen LogP contribution in [-0.2, 0) is 19.1 Å². The highest BCUT2D eigenvalue weighted by atomic mass is 16.6. The first-order chi connectivity index (χ1) is 8.09. The van der Waals surface area contributed by atoms with Gasteiger partial charge in [-0.15, -0.1) is 0 Å². The van der Waals surface area contributed by atoms with Crippen molar-refractivity contribution in [2.45, 2.75) is 65.3 Å². The van der Waals surface area contributed by atoms with Crippen molar-refractivity contribution in [3.05, 3.63) is 0 Å². The minimum absolute atomic E-state index is 0.0527. The van der Waals surface area contributed by atoms with E-state index in [0.29, 0.717) is 0 Å². The summed E-state index contributed by atoms with van der Waals surface area (Å²) in [4.78, 5) is 24.1. The second-order valence-electron chi connectivity index (χ2n) is 5.84. The molecule has 0 atom stereocenters. The molecule has 0 spiro atoms. The van der Waals surface area contributed by atoms with Crippen LogP contribution in [0.2, 0.25) is 0 Å². The third-order valence-electron chi connectivity index (χ3n) is 2.83. The number of ether oxygens (including phenoxy) is 2. The smallest absolute Gasteiger partial charge is 0.323 e. The molecule has 0 aliphatic heterocycles. The largest absolute Gasteiger partial charge is 0.462 e. The van der Waals surface area contributed by atoms with Crippen LogP contribution in [0, 0.1) is 5.41 Å². The molecule has 1 N–H and O–H groups in total.